The van der Waals surface area contributed by atoms with Gasteiger partial charge >= 0.3 is 0 Å². The highest BCUT2D eigenvalue weighted by molar-refractivity contribution is 7.14. The number of amides is 1. The largest absolute Gasteiger partial charge is 0.312 e. The van der Waals surface area contributed by atoms with E-state index in [1.165, 1.54) is 11.3 Å². The van der Waals surface area contributed by atoms with E-state index in [-0.39, 0.29) is 11.9 Å². The molecule has 2 rings (SSSR count). The van der Waals surface area contributed by atoms with Crippen molar-refractivity contribution in [3.8, 4) is 0 Å². The van der Waals surface area contributed by atoms with Gasteiger partial charge in [0.05, 0.1) is 11.3 Å². The van der Waals surface area contributed by atoms with Gasteiger partial charge in [-0.05, 0) is 33.0 Å². The highest BCUT2D eigenvalue weighted by Crippen LogP contribution is 2.20. The minimum atomic E-state index is -0.189. The highest BCUT2D eigenvalue weighted by atomic mass is 32.1. The minimum Gasteiger partial charge on any atom is -0.312 e. The van der Waals surface area contributed by atoms with E-state index in [0.717, 1.165) is 11.4 Å². The van der Waals surface area contributed by atoms with Crippen LogP contribution in [0.4, 0.5) is 5.13 Å². The maximum atomic E-state index is 12.0. The summed E-state index contributed by atoms with van der Waals surface area (Å²) in [5.41, 5.74) is 2.34. The van der Waals surface area contributed by atoms with Crippen LogP contribution >= 0.6 is 11.3 Å². The van der Waals surface area contributed by atoms with Gasteiger partial charge in [0, 0.05) is 23.3 Å². The quantitative estimate of drug-likeness (QED) is 0.899. The first-order valence-corrected chi connectivity index (χ1v) is 6.85. The van der Waals surface area contributed by atoms with Crippen molar-refractivity contribution >= 4 is 22.4 Å². The van der Waals surface area contributed by atoms with Crippen LogP contribution in [-0.4, -0.2) is 22.9 Å². The maximum absolute atomic E-state index is 12.0. The van der Waals surface area contributed by atoms with Gasteiger partial charge in [-0.1, -0.05) is 0 Å². The number of nitrogens with one attached hydrogen (secondary N) is 2. The summed E-state index contributed by atoms with van der Waals surface area (Å²) in [6.45, 7) is 3.90. The first-order valence-electron chi connectivity index (χ1n) is 5.97. The van der Waals surface area contributed by atoms with E-state index in [1.54, 1.807) is 12.3 Å². The van der Waals surface area contributed by atoms with Crippen molar-refractivity contribution in [2.24, 2.45) is 0 Å². The Morgan fingerprint density at radius 3 is 2.84 bits per heavy atom. The number of aromatic nitrogens is 2. The molecule has 0 bridgehead atoms. The number of carbonyl (C=O) groups excluding carboxylic acids is 1. The van der Waals surface area contributed by atoms with Crippen molar-refractivity contribution in [1.29, 1.82) is 0 Å². The topological polar surface area (TPSA) is 66.9 Å². The Balaban J connectivity index is 2.06. The molecule has 0 aliphatic heterocycles. The molecule has 0 radical (unpaired) electrons. The number of pyridine rings is 1. The first kappa shape index (κ1) is 13.6. The number of aryl methyl sites for hydroxylation is 1. The van der Waals surface area contributed by atoms with Crippen LogP contribution in [0.25, 0.3) is 0 Å². The predicted octanol–water partition coefficient (Wildman–Crippen LogP) is 2.38. The van der Waals surface area contributed by atoms with Crippen LogP contribution in [0.2, 0.25) is 0 Å². The molecule has 5 nitrogen and oxygen atoms in total. The second-order valence-corrected chi connectivity index (χ2v) is 5.09. The van der Waals surface area contributed by atoms with Crippen LogP contribution in [0, 0.1) is 6.92 Å². The van der Waals surface area contributed by atoms with Crippen LogP contribution in [0.1, 0.15) is 34.7 Å². The average Bonchev–Trinajstić information content (AvgIpc) is 2.87. The Labute approximate surface area is 116 Å². The lowest BCUT2D eigenvalue weighted by Crippen LogP contribution is -2.14. The second kappa shape index (κ2) is 5.90. The van der Waals surface area contributed by atoms with E-state index in [2.05, 4.69) is 20.6 Å². The van der Waals surface area contributed by atoms with Crippen molar-refractivity contribution in [2.75, 3.05) is 12.4 Å². The third-order valence-electron chi connectivity index (χ3n) is 2.79. The zero-order valence-electron chi connectivity index (χ0n) is 11.1. The summed E-state index contributed by atoms with van der Waals surface area (Å²) in [6, 6.07) is 3.73. The Morgan fingerprint density at radius 1 is 1.42 bits per heavy atom. The molecule has 0 saturated heterocycles. The molecule has 19 heavy (non-hydrogen) atoms. The smallest absolute Gasteiger partial charge is 0.259 e. The fourth-order valence-electron chi connectivity index (χ4n) is 1.46. The third-order valence-corrected chi connectivity index (χ3v) is 3.57. The van der Waals surface area contributed by atoms with Gasteiger partial charge in [-0.3, -0.25) is 15.1 Å². The van der Waals surface area contributed by atoms with E-state index < -0.39 is 0 Å². The summed E-state index contributed by atoms with van der Waals surface area (Å²) in [6.07, 6.45) is 1.56. The zero-order valence-corrected chi connectivity index (χ0v) is 11.9. The molecule has 2 N–H and O–H groups in total. The van der Waals surface area contributed by atoms with Gasteiger partial charge in [-0.15, -0.1) is 11.3 Å². The third kappa shape index (κ3) is 3.36. The number of anilines is 1. The van der Waals surface area contributed by atoms with E-state index in [4.69, 9.17) is 0 Å². The molecule has 0 aliphatic rings. The van der Waals surface area contributed by atoms with E-state index >= 15 is 0 Å². The number of rotatable bonds is 4. The van der Waals surface area contributed by atoms with E-state index in [0.29, 0.717) is 10.7 Å². The lowest BCUT2D eigenvalue weighted by molar-refractivity contribution is 0.102. The van der Waals surface area contributed by atoms with Crippen LogP contribution in [-0.2, 0) is 0 Å². The van der Waals surface area contributed by atoms with Crippen LogP contribution in [0.3, 0.4) is 0 Å². The molecule has 0 spiro atoms. The van der Waals surface area contributed by atoms with Crippen LogP contribution in [0.5, 0.6) is 0 Å². The second-order valence-electron chi connectivity index (χ2n) is 4.23. The number of hydrogen-bond acceptors (Lipinski definition) is 5. The standard InChI is InChI=1S/C13H16N4OS/c1-8-4-5-10(6-15-8)12(18)17-13-16-11(7-19-13)9(2)14-3/h4-7,9,14H,1-3H3,(H,16,17,18). The average molecular weight is 276 g/mol. The summed E-state index contributed by atoms with van der Waals surface area (Å²) in [7, 11) is 1.88. The summed E-state index contributed by atoms with van der Waals surface area (Å²) < 4.78 is 0. The summed E-state index contributed by atoms with van der Waals surface area (Å²) in [4.78, 5) is 20.4. The first-order chi connectivity index (χ1) is 9.10. The molecule has 0 aromatic carbocycles. The summed E-state index contributed by atoms with van der Waals surface area (Å²) >= 11 is 1.42. The lowest BCUT2D eigenvalue weighted by atomic mass is 10.2. The van der Waals surface area contributed by atoms with Gasteiger partial charge in [0.1, 0.15) is 0 Å². The number of hydrogen-bond donors (Lipinski definition) is 2. The molecule has 2 heterocycles. The summed E-state index contributed by atoms with van der Waals surface area (Å²) in [5, 5.41) is 8.42. The number of carbonyl (C=O) groups is 1. The fourth-order valence-corrected chi connectivity index (χ4v) is 2.26. The molecule has 1 amide bonds. The molecule has 2 aromatic heterocycles. The van der Waals surface area contributed by atoms with Gasteiger partial charge < -0.3 is 5.32 Å². The highest BCUT2D eigenvalue weighted by Gasteiger charge is 2.11. The molecular formula is C13H16N4OS. The van der Waals surface area contributed by atoms with Gasteiger partial charge in [-0.25, -0.2) is 4.98 Å². The molecular weight excluding hydrogens is 260 g/mol. The monoisotopic (exact) mass is 276 g/mol. The molecule has 1 unspecified atom stereocenters. The van der Waals surface area contributed by atoms with Gasteiger partial charge in [0.15, 0.2) is 5.13 Å². The SMILES string of the molecule is CNC(C)c1csc(NC(=O)c2ccc(C)nc2)n1. The molecule has 100 valence electrons. The Bertz CT molecular complexity index is 564. The normalized spacial score (nSPS) is 12.2. The van der Waals surface area contributed by atoms with Crippen LogP contribution < -0.4 is 10.6 Å². The van der Waals surface area contributed by atoms with Crippen molar-refractivity contribution in [2.45, 2.75) is 19.9 Å². The Kier molecular flexibility index (Phi) is 4.24. The van der Waals surface area contributed by atoms with E-state index in [1.807, 2.05) is 32.3 Å². The van der Waals surface area contributed by atoms with Crippen LogP contribution in [0.15, 0.2) is 23.7 Å². The van der Waals surface area contributed by atoms with E-state index in [9.17, 15) is 4.79 Å². The molecule has 2 aromatic rings. The van der Waals surface area contributed by atoms with Crippen molar-refractivity contribution in [1.82, 2.24) is 15.3 Å². The lowest BCUT2D eigenvalue weighted by Gasteiger charge is -2.05. The molecule has 6 heteroatoms. The van der Waals surface area contributed by atoms with Crippen molar-refractivity contribution < 1.29 is 4.79 Å². The molecule has 0 fully saturated rings. The number of nitrogens with zero attached hydrogens (tertiary/aromatic N) is 2. The van der Waals surface area contributed by atoms with Gasteiger partial charge in [0.25, 0.3) is 5.91 Å². The van der Waals surface area contributed by atoms with Gasteiger partial charge in [0.2, 0.25) is 0 Å². The Morgan fingerprint density at radius 2 is 2.21 bits per heavy atom. The maximum Gasteiger partial charge on any atom is 0.259 e. The Hall–Kier alpha value is -1.79. The molecule has 0 saturated carbocycles. The zero-order chi connectivity index (χ0) is 13.8. The summed E-state index contributed by atoms with van der Waals surface area (Å²) in [5.74, 6) is -0.189. The fraction of sp³-hybridized carbons (Fsp3) is 0.308. The van der Waals surface area contributed by atoms with Crippen molar-refractivity contribution in [3.05, 3.63) is 40.7 Å². The molecule has 0 aliphatic carbocycles. The van der Waals surface area contributed by atoms with Crippen molar-refractivity contribution in [3.63, 3.8) is 0 Å². The molecule has 1 atom stereocenters. The predicted molar refractivity (Wildman–Crippen MR) is 76.5 cm³/mol. The van der Waals surface area contributed by atoms with Gasteiger partial charge in [-0.2, -0.15) is 0 Å². The minimum absolute atomic E-state index is 0.169. The number of thiazole rings is 1.